The van der Waals surface area contributed by atoms with Crippen molar-refractivity contribution in [3.63, 3.8) is 0 Å². The fraction of sp³-hybridized carbons (Fsp3) is 0.0714. The highest BCUT2D eigenvalue weighted by molar-refractivity contribution is 14.1. The molecule has 0 fully saturated rings. The number of anilines is 1. The van der Waals surface area contributed by atoms with Gasteiger partial charge in [0.15, 0.2) is 5.75 Å². The number of amides is 1. The smallest absolute Gasteiger partial charge is 0.404 e. The molecule has 7 heteroatoms. The number of carbonyl (C=O) groups excluding carboxylic acids is 1. The van der Waals surface area contributed by atoms with Gasteiger partial charge in [-0.25, -0.2) is 0 Å². The van der Waals surface area contributed by atoms with Crippen molar-refractivity contribution < 1.29 is 22.7 Å². The standard InChI is InChI=1S/C14H9F3INO2/c15-14(16,17)21-12-4-2-1-3-11(12)19-13(20)9-5-7-10(18)8-6-9/h1-8H,(H,19,20). The van der Waals surface area contributed by atoms with E-state index >= 15 is 0 Å². The van der Waals surface area contributed by atoms with E-state index in [9.17, 15) is 18.0 Å². The summed E-state index contributed by atoms with van der Waals surface area (Å²) in [5.41, 5.74) is 0.301. The SMILES string of the molecule is O=C(Nc1ccccc1OC(F)(F)F)c1ccc(I)cc1. The molecule has 2 rings (SSSR count). The molecule has 0 aliphatic rings. The van der Waals surface area contributed by atoms with Crippen molar-refractivity contribution >= 4 is 34.2 Å². The Morgan fingerprint density at radius 3 is 2.29 bits per heavy atom. The van der Waals surface area contributed by atoms with E-state index < -0.39 is 18.0 Å². The van der Waals surface area contributed by atoms with Gasteiger partial charge in [0.05, 0.1) is 5.69 Å². The number of benzene rings is 2. The van der Waals surface area contributed by atoms with E-state index in [1.54, 1.807) is 24.3 Å². The molecule has 0 saturated heterocycles. The largest absolute Gasteiger partial charge is 0.573 e. The van der Waals surface area contributed by atoms with Crippen LogP contribution in [-0.4, -0.2) is 12.3 Å². The molecule has 0 aromatic heterocycles. The Hall–Kier alpha value is -1.77. The molecular formula is C14H9F3INO2. The zero-order valence-corrected chi connectivity index (χ0v) is 12.6. The van der Waals surface area contributed by atoms with E-state index in [4.69, 9.17) is 0 Å². The first-order valence-electron chi connectivity index (χ1n) is 5.77. The van der Waals surface area contributed by atoms with Crippen LogP contribution in [0.3, 0.4) is 0 Å². The number of ether oxygens (including phenoxy) is 1. The van der Waals surface area contributed by atoms with Crippen LogP contribution in [-0.2, 0) is 0 Å². The van der Waals surface area contributed by atoms with Gasteiger partial charge in [-0.1, -0.05) is 12.1 Å². The topological polar surface area (TPSA) is 38.3 Å². The number of carbonyl (C=O) groups is 1. The summed E-state index contributed by atoms with van der Waals surface area (Å²) in [7, 11) is 0. The van der Waals surface area contributed by atoms with Crippen molar-refractivity contribution in [2.45, 2.75) is 6.36 Å². The maximum atomic E-state index is 12.3. The van der Waals surface area contributed by atoms with Crippen LogP contribution in [0, 0.1) is 3.57 Å². The monoisotopic (exact) mass is 407 g/mol. The average Bonchev–Trinajstić information content (AvgIpc) is 2.40. The normalized spacial score (nSPS) is 11.0. The lowest BCUT2D eigenvalue weighted by molar-refractivity contribution is -0.274. The van der Waals surface area contributed by atoms with E-state index in [2.05, 4.69) is 32.6 Å². The van der Waals surface area contributed by atoms with Gasteiger partial charge in [0.25, 0.3) is 5.91 Å². The molecule has 1 N–H and O–H groups in total. The first-order valence-corrected chi connectivity index (χ1v) is 6.85. The maximum Gasteiger partial charge on any atom is 0.573 e. The van der Waals surface area contributed by atoms with Crippen LogP contribution < -0.4 is 10.1 Å². The molecule has 1 amide bonds. The Morgan fingerprint density at radius 2 is 1.67 bits per heavy atom. The molecule has 21 heavy (non-hydrogen) atoms. The van der Waals surface area contributed by atoms with Crippen molar-refractivity contribution in [2.24, 2.45) is 0 Å². The summed E-state index contributed by atoms with van der Waals surface area (Å²) >= 11 is 2.09. The summed E-state index contributed by atoms with van der Waals surface area (Å²) in [6, 6.07) is 12.0. The molecule has 0 aliphatic carbocycles. The third-order valence-electron chi connectivity index (χ3n) is 2.47. The average molecular weight is 407 g/mol. The number of rotatable bonds is 3. The molecule has 2 aromatic carbocycles. The Morgan fingerprint density at radius 1 is 1.05 bits per heavy atom. The number of halogens is 4. The first-order chi connectivity index (χ1) is 9.85. The molecule has 0 heterocycles. The van der Waals surface area contributed by atoms with Crippen LogP contribution in [0.25, 0.3) is 0 Å². The first kappa shape index (κ1) is 15.6. The molecule has 110 valence electrons. The Balaban J connectivity index is 2.19. The summed E-state index contributed by atoms with van der Waals surface area (Å²) in [5, 5.41) is 2.40. The van der Waals surface area contributed by atoms with Gasteiger partial charge in [-0.15, -0.1) is 13.2 Å². The summed E-state index contributed by atoms with van der Waals surface area (Å²) in [4.78, 5) is 12.0. The quantitative estimate of drug-likeness (QED) is 0.765. The highest BCUT2D eigenvalue weighted by Gasteiger charge is 2.32. The number of hydrogen-bond acceptors (Lipinski definition) is 2. The van der Waals surface area contributed by atoms with Crippen molar-refractivity contribution in [1.82, 2.24) is 0 Å². The van der Waals surface area contributed by atoms with E-state index in [-0.39, 0.29) is 5.69 Å². The number of hydrogen-bond donors (Lipinski definition) is 1. The van der Waals surface area contributed by atoms with Crippen molar-refractivity contribution in [1.29, 1.82) is 0 Å². The van der Waals surface area contributed by atoms with Crippen LogP contribution in [0.15, 0.2) is 48.5 Å². The van der Waals surface area contributed by atoms with Gasteiger partial charge in [-0.3, -0.25) is 4.79 Å². The van der Waals surface area contributed by atoms with E-state index in [1.165, 1.54) is 18.2 Å². The van der Waals surface area contributed by atoms with Crippen LogP contribution in [0.5, 0.6) is 5.75 Å². The van der Waals surface area contributed by atoms with E-state index in [0.717, 1.165) is 9.64 Å². The zero-order valence-electron chi connectivity index (χ0n) is 10.4. The van der Waals surface area contributed by atoms with E-state index in [0.29, 0.717) is 5.56 Å². The van der Waals surface area contributed by atoms with Gasteiger partial charge in [0, 0.05) is 9.13 Å². The zero-order chi connectivity index (χ0) is 15.5. The summed E-state index contributed by atoms with van der Waals surface area (Å²) in [6.07, 6.45) is -4.82. The van der Waals surface area contributed by atoms with Gasteiger partial charge in [0.2, 0.25) is 0 Å². The fourth-order valence-corrected chi connectivity index (χ4v) is 1.94. The molecule has 0 atom stereocenters. The molecule has 0 bridgehead atoms. The summed E-state index contributed by atoms with van der Waals surface area (Å²) in [5.74, 6) is -0.964. The predicted molar refractivity (Wildman–Crippen MR) is 80.2 cm³/mol. The van der Waals surface area contributed by atoms with Crippen LogP contribution in [0.1, 0.15) is 10.4 Å². The van der Waals surface area contributed by atoms with Crippen molar-refractivity contribution in [3.8, 4) is 5.75 Å². The van der Waals surface area contributed by atoms with Crippen molar-refractivity contribution in [3.05, 3.63) is 57.7 Å². The number of alkyl halides is 3. The van der Waals surface area contributed by atoms with E-state index in [1.807, 2.05) is 0 Å². The fourth-order valence-electron chi connectivity index (χ4n) is 1.58. The maximum absolute atomic E-state index is 12.3. The second-order valence-electron chi connectivity index (χ2n) is 4.00. The molecular weight excluding hydrogens is 398 g/mol. The highest BCUT2D eigenvalue weighted by atomic mass is 127. The van der Waals surface area contributed by atoms with Gasteiger partial charge in [-0.2, -0.15) is 0 Å². The minimum absolute atomic E-state index is 0.0432. The predicted octanol–water partition coefficient (Wildman–Crippen LogP) is 4.44. The summed E-state index contributed by atoms with van der Waals surface area (Å²) in [6.45, 7) is 0. The second kappa shape index (κ2) is 6.33. The molecule has 0 saturated carbocycles. The molecule has 0 aliphatic heterocycles. The number of para-hydroxylation sites is 2. The van der Waals surface area contributed by atoms with Crippen molar-refractivity contribution in [2.75, 3.05) is 5.32 Å². The van der Waals surface area contributed by atoms with Gasteiger partial charge < -0.3 is 10.1 Å². The highest BCUT2D eigenvalue weighted by Crippen LogP contribution is 2.30. The molecule has 3 nitrogen and oxygen atoms in total. The van der Waals surface area contributed by atoms with Gasteiger partial charge >= 0.3 is 6.36 Å². The third kappa shape index (κ3) is 4.62. The molecule has 0 radical (unpaired) electrons. The molecule has 2 aromatic rings. The lowest BCUT2D eigenvalue weighted by Crippen LogP contribution is -2.19. The molecule has 0 spiro atoms. The minimum atomic E-state index is -4.82. The van der Waals surface area contributed by atoms with Crippen LogP contribution >= 0.6 is 22.6 Å². The number of nitrogens with one attached hydrogen (secondary N) is 1. The summed E-state index contributed by atoms with van der Waals surface area (Å²) < 4.78 is 41.7. The van der Waals surface area contributed by atoms with Gasteiger partial charge in [0.1, 0.15) is 0 Å². The minimum Gasteiger partial charge on any atom is -0.404 e. The Bertz CT molecular complexity index is 641. The Labute approximate surface area is 132 Å². The molecule has 0 unspecified atom stereocenters. The van der Waals surface area contributed by atoms with Crippen LogP contribution in [0.2, 0.25) is 0 Å². The Kier molecular flexibility index (Phi) is 4.71. The second-order valence-corrected chi connectivity index (χ2v) is 5.25. The van der Waals surface area contributed by atoms with Gasteiger partial charge in [-0.05, 0) is 59.0 Å². The third-order valence-corrected chi connectivity index (χ3v) is 3.19. The lowest BCUT2D eigenvalue weighted by atomic mass is 10.2. The lowest BCUT2D eigenvalue weighted by Gasteiger charge is -2.13. The van der Waals surface area contributed by atoms with Crippen LogP contribution in [0.4, 0.5) is 18.9 Å².